The molecule has 4 saturated heterocycles. The Hall–Kier alpha value is -3.96. The Labute approximate surface area is 472 Å². The molecule has 7 aliphatic carbocycles. The quantitative estimate of drug-likeness (QED) is 0.0294. The minimum atomic E-state index is -1.82. The van der Waals surface area contributed by atoms with E-state index in [2.05, 4.69) is 19.2 Å². The van der Waals surface area contributed by atoms with Crippen LogP contribution in [0.1, 0.15) is 151 Å². The Morgan fingerprint density at radius 3 is 2.06 bits per heavy atom. The van der Waals surface area contributed by atoms with E-state index in [1.807, 2.05) is 13.8 Å². The van der Waals surface area contributed by atoms with Gasteiger partial charge in [-0.1, -0.05) is 66.7 Å². The van der Waals surface area contributed by atoms with Gasteiger partial charge in [0.25, 0.3) is 0 Å². The first-order chi connectivity index (χ1) is 38.5. The first-order valence-electron chi connectivity index (χ1n) is 31.7. The molecular formula is C63H92N2O15. The van der Waals surface area contributed by atoms with E-state index in [0.29, 0.717) is 84.4 Å². The largest absolute Gasteiger partial charge is 0.481 e. The van der Waals surface area contributed by atoms with Crippen molar-refractivity contribution in [1.29, 1.82) is 0 Å². The van der Waals surface area contributed by atoms with Gasteiger partial charge >= 0.3 is 23.9 Å². The molecule has 0 spiro atoms. The van der Waals surface area contributed by atoms with Gasteiger partial charge in [0.05, 0.1) is 86.0 Å². The predicted octanol–water partition coefficient (Wildman–Crippen LogP) is 7.68. The molecule has 11 aliphatic rings. The summed E-state index contributed by atoms with van der Waals surface area (Å²) in [7, 11) is 0. The number of epoxide rings is 1. The number of carboxylic acids is 1. The van der Waals surface area contributed by atoms with Gasteiger partial charge in [0.1, 0.15) is 12.7 Å². The Morgan fingerprint density at radius 1 is 0.750 bits per heavy atom. The third-order valence-electron chi connectivity index (χ3n) is 23.9. The monoisotopic (exact) mass is 1120 g/mol. The maximum atomic E-state index is 16.3. The van der Waals surface area contributed by atoms with Gasteiger partial charge in [-0.05, 0) is 161 Å². The second-order valence-electron chi connectivity index (χ2n) is 27.9. The lowest BCUT2D eigenvalue weighted by Crippen LogP contribution is -2.58. The Morgan fingerprint density at radius 2 is 1.41 bits per heavy atom. The number of likely N-dealkylation sites (tertiary alicyclic amines) is 1. The number of unbranched alkanes of at least 4 members (excludes halogenated alkanes) is 2. The number of imide groups is 2. The summed E-state index contributed by atoms with van der Waals surface area (Å²) in [6.07, 6.45) is 11.7. The number of carboxylic acid groups (broad SMARTS) is 1. The minimum absolute atomic E-state index is 0.00190. The third-order valence-corrected chi connectivity index (χ3v) is 23.9. The number of esters is 3. The van der Waals surface area contributed by atoms with Crippen molar-refractivity contribution >= 4 is 47.5 Å². The minimum Gasteiger partial charge on any atom is -0.481 e. The molecule has 444 valence electrons. The normalized spacial score (nSPS) is 41.5. The number of rotatable bonds is 25. The standard InChI is InChI=1S/C63H92N2O15/c1-7-10-17-77-60(73)53(51-46(54(66)64-55(51)67)25-40-33(5)56(68)65(57(40)69)38-15-13-12-14-16-38)62(6,61(74)78-18-11-8-2)52-41-22-35(19-37(41)26-75-27-39-28-79-39)49(52)50-43-23-36(24-45(43)59(72)80-31-63(9-3)29-76-30-63)48(50)47-32(4)34-20-42(47)44(21-34)58(70)71/h32-53H,7-31H2,1-6H3,(H,70,71)(H,64,66,67). The van der Waals surface area contributed by atoms with Crippen molar-refractivity contribution in [2.45, 2.75) is 163 Å². The number of nitrogens with one attached hydrogen (secondary N) is 1. The van der Waals surface area contributed by atoms with Crippen molar-refractivity contribution in [3.63, 3.8) is 0 Å². The highest BCUT2D eigenvalue weighted by molar-refractivity contribution is 6.09. The molecule has 4 heterocycles. The Bertz CT molecular complexity index is 2380. The summed E-state index contributed by atoms with van der Waals surface area (Å²) in [6, 6.07) is -0.240. The summed E-state index contributed by atoms with van der Waals surface area (Å²) in [6.45, 7) is 14.7. The second kappa shape index (κ2) is 23.2. The molecule has 4 amide bonds. The first kappa shape index (κ1) is 57.8. The van der Waals surface area contributed by atoms with E-state index in [-0.39, 0.29) is 133 Å². The van der Waals surface area contributed by atoms with Gasteiger partial charge < -0.3 is 33.5 Å². The van der Waals surface area contributed by atoms with E-state index in [9.17, 15) is 29.1 Å². The summed E-state index contributed by atoms with van der Waals surface area (Å²) in [5.41, 5.74) is -2.04. The molecule has 22 atom stereocenters. The molecule has 11 rings (SSSR count). The maximum absolute atomic E-state index is 16.3. The van der Waals surface area contributed by atoms with E-state index >= 15 is 14.4 Å². The molecule has 0 radical (unpaired) electrons. The summed E-state index contributed by atoms with van der Waals surface area (Å²) >= 11 is 0. The topological polar surface area (TPSA) is 231 Å². The molecule has 22 unspecified atom stereocenters. The van der Waals surface area contributed by atoms with Crippen molar-refractivity contribution in [2.75, 3.05) is 52.9 Å². The van der Waals surface area contributed by atoms with Crippen LogP contribution in [0.3, 0.4) is 0 Å². The lowest BCUT2D eigenvalue weighted by atomic mass is 9.48. The van der Waals surface area contributed by atoms with Gasteiger partial charge in [0.2, 0.25) is 23.6 Å². The van der Waals surface area contributed by atoms with Gasteiger partial charge in [-0.3, -0.25) is 48.6 Å². The number of ether oxygens (including phenoxy) is 6. The number of nitrogens with zero attached hydrogens (tertiary/aromatic N) is 1. The molecule has 7 saturated carbocycles. The summed E-state index contributed by atoms with van der Waals surface area (Å²) in [5.74, 6) is -12.3. The zero-order valence-corrected chi connectivity index (χ0v) is 48.5. The average molecular weight is 1120 g/mol. The number of aliphatic carboxylic acids is 1. The SMILES string of the molecule is CCCCOC(=O)C(C1C(=O)NC(=O)C1CC1C(=O)N(C2CCCCC2)C(=O)C1C)C(C)(C(=O)OCCCC)C1C2CC(CC2COCC2CO2)C1C1C2CC(CC2C(=O)OCC2(CC)COC2)C1C1C(C)C2CC(C(=O)O)C1C2. The summed E-state index contributed by atoms with van der Waals surface area (Å²) in [4.78, 5) is 120. The van der Waals surface area contributed by atoms with Gasteiger partial charge in [-0.2, -0.15) is 0 Å². The molecule has 0 aromatic rings. The fraction of sp³-hybridized carbons (Fsp3) is 0.873. The molecule has 11 fully saturated rings. The summed E-state index contributed by atoms with van der Waals surface area (Å²) in [5, 5.41) is 13.4. The molecule has 80 heavy (non-hydrogen) atoms. The van der Waals surface area contributed by atoms with Gasteiger partial charge in [0.15, 0.2) is 0 Å². The van der Waals surface area contributed by atoms with Crippen LogP contribution in [0.4, 0.5) is 0 Å². The van der Waals surface area contributed by atoms with Crippen LogP contribution in [0.2, 0.25) is 0 Å². The van der Waals surface area contributed by atoms with Crippen LogP contribution in [-0.4, -0.2) is 123 Å². The molecule has 4 aliphatic heterocycles. The summed E-state index contributed by atoms with van der Waals surface area (Å²) < 4.78 is 36.8. The van der Waals surface area contributed by atoms with E-state index in [1.54, 1.807) is 13.8 Å². The van der Waals surface area contributed by atoms with Gasteiger partial charge in [0, 0.05) is 18.6 Å². The van der Waals surface area contributed by atoms with Crippen LogP contribution < -0.4 is 5.32 Å². The molecule has 6 bridgehead atoms. The molecule has 0 aromatic carbocycles. The second-order valence-corrected chi connectivity index (χ2v) is 27.9. The average Bonchev–Trinajstić information content (AvgIpc) is 4.22. The lowest BCUT2D eigenvalue weighted by Gasteiger charge is -2.54. The van der Waals surface area contributed by atoms with E-state index in [1.165, 1.54) is 4.90 Å². The van der Waals surface area contributed by atoms with Crippen LogP contribution in [0.15, 0.2) is 0 Å². The number of hydrogen-bond donors (Lipinski definition) is 2. The number of carbonyl (C=O) groups is 8. The van der Waals surface area contributed by atoms with E-state index in [0.717, 1.165) is 51.4 Å². The van der Waals surface area contributed by atoms with Crippen LogP contribution in [-0.2, 0) is 66.8 Å². The van der Waals surface area contributed by atoms with Crippen molar-refractivity contribution in [2.24, 2.45) is 129 Å². The van der Waals surface area contributed by atoms with Gasteiger partial charge in [-0.15, -0.1) is 0 Å². The predicted molar refractivity (Wildman–Crippen MR) is 288 cm³/mol. The lowest BCUT2D eigenvalue weighted by molar-refractivity contribution is -0.189. The first-order valence-corrected chi connectivity index (χ1v) is 31.7. The van der Waals surface area contributed by atoms with Crippen LogP contribution in [0.25, 0.3) is 0 Å². The fourth-order valence-corrected chi connectivity index (χ4v) is 19.7. The highest BCUT2D eigenvalue weighted by Crippen LogP contribution is 2.74. The molecule has 0 aromatic heterocycles. The fourth-order valence-electron chi connectivity index (χ4n) is 19.7. The Kier molecular flexibility index (Phi) is 16.8. The van der Waals surface area contributed by atoms with Crippen molar-refractivity contribution in [3.05, 3.63) is 0 Å². The highest BCUT2D eigenvalue weighted by atomic mass is 16.6. The van der Waals surface area contributed by atoms with Crippen LogP contribution in [0.5, 0.6) is 0 Å². The van der Waals surface area contributed by atoms with Crippen molar-refractivity contribution in [3.8, 4) is 0 Å². The highest BCUT2D eigenvalue weighted by Gasteiger charge is 2.73. The number of carbonyl (C=O) groups excluding carboxylic acids is 7. The van der Waals surface area contributed by atoms with Crippen molar-refractivity contribution < 1.29 is 71.9 Å². The molecule has 2 N–H and O–H groups in total. The zero-order valence-electron chi connectivity index (χ0n) is 48.5. The molecular weight excluding hydrogens is 1020 g/mol. The van der Waals surface area contributed by atoms with Crippen molar-refractivity contribution in [1.82, 2.24) is 10.2 Å². The smallest absolute Gasteiger partial charge is 0.312 e. The maximum Gasteiger partial charge on any atom is 0.312 e. The zero-order chi connectivity index (χ0) is 56.5. The van der Waals surface area contributed by atoms with E-state index < -0.39 is 82.5 Å². The van der Waals surface area contributed by atoms with Crippen LogP contribution in [0, 0.1) is 129 Å². The Balaban J connectivity index is 1.03. The van der Waals surface area contributed by atoms with Gasteiger partial charge in [-0.25, -0.2) is 0 Å². The third kappa shape index (κ3) is 10.1. The van der Waals surface area contributed by atoms with Crippen LogP contribution >= 0.6 is 0 Å². The number of fused-ring (bicyclic) bond motifs is 6. The molecule has 17 nitrogen and oxygen atoms in total. The molecule has 17 heteroatoms. The van der Waals surface area contributed by atoms with E-state index in [4.69, 9.17) is 28.4 Å². The number of hydrogen-bond acceptors (Lipinski definition) is 14. The number of amides is 4.